The van der Waals surface area contributed by atoms with Gasteiger partial charge in [-0.2, -0.15) is 4.31 Å². The van der Waals surface area contributed by atoms with Gasteiger partial charge in [-0.3, -0.25) is 4.79 Å². The van der Waals surface area contributed by atoms with Crippen LogP contribution in [0.5, 0.6) is 5.75 Å². The number of aryl methyl sites for hydroxylation is 1. The van der Waals surface area contributed by atoms with Crippen LogP contribution in [0.15, 0.2) is 47.4 Å². The predicted octanol–water partition coefficient (Wildman–Crippen LogP) is 3.70. The van der Waals surface area contributed by atoms with Crippen LogP contribution >= 0.6 is 11.6 Å². The maximum absolute atomic E-state index is 13.1. The summed E-state index contributed by atoms with van der Waals surface area (Å²) >= 11 is 6.00. The van der Waals surface area contributed by atoms with Crippen LogP contribution in [0, 0.1) is 12.8 Å². The molecule has 1 atom stereocenters. The van der Waals surface area contributed by atoms with Crippen LogP contribution < -0.4 is 10.1 Å². The van der Waals surface area contributed by atoms with E-state index >= 15 is 0 Å². The fourth-order valence-corrected chi connectivity index (χ4v) is 5.19. The molecule has 0 unspecified atom stereocenters. The van der Waals surface area contributed by atoms with Gasteiger partial charge in [0, 0.05) is 23.8 Å². The van der Waals surface area contributed by atoms with Crippen molar-refractivity contribution in [2.24, 2.45) is 5.92 Å². The number of amides is 1. The molecule has 2 aromatic rings. The van der Waals surface area contributed by atoms with Gasteiger partial charge in [-0.1, -0.05) is 29.3 Å². The largest absolute Gasteiger partial charge is 0.495 e. The first kappa shape index (κ1) is 20.6. The zero-order valence-electron chi connectivity index (χ0n) is 15.8. The van der Waals surface area contributed by atoms with Crippen molar-refractivity contribution < 1.29 is 17.9 Å². The van der Waals surface area contributed by atoms with Gasteiger partial charge in [0.1, 0.15) is 10.6 Å². The Morgan fingerprint density at radius 3 is 2.61 bits per heavy atom. The SMILES string of the molecule is COc1ccc(Cl)cc1S(=O)(=O)N1CCC[C@H](C(=O)Nc2ccc(C)cc2)C1. The highest BCUT2D eigenvalue weighted by molar-refractivity contribution is 7.89. The molecule has 1 fully saturated rings. The normalized spacial score (nSPS) is 17.9. The summed E-state index contributed by atoms with van der Waals surface area (Å²) in [6.07, 6.45) is 1.24. The van der Waals surface area contributed by atoms with Gasteiger partial charge >= 0.3 is 0 Å². The Balaban J connectivity index is 1.78. The van der Waals surface area contributed by atoms with Gasteiger partial charge in [-0.05, 0) is 50.1 Å². The molecular weight excluding hydrogens is 400 g/mol. The van der Waals surface area contributed by atoms with Crippen molar-refractivity contribution in [3.8, 4) is 5.75 Å². The summed E-state index contributed by atoms with van der Waals surface area (Å²) in [6.45, 7) is 2.45. The van der Waals surface area contributed by atoms with Crippen LogP contribution in [-0.2, 0) is 14.8 Å². The number of halogens is 1. The lowest BCUT2D eigenvalue weighted by Crippen LogP contribution is -2.43. The maximum Gasteiger partial charge on any atom is 0.246 e. The third kappa shape index (κ3) is 4.48. The lowest BCUT2D eigenvalue weighted by molar-refractivity contribution is -0.120. The van der Waals surface area contributed by atoms with Crippen molar-refractivity contribution in [1.29, 1.82) is 0 Å². The third-order valence-electron chi connectivity index (χ3n) is 4.82. The van der Waals surface area contributed by atoms with E-state index in [2.05, 4.69) is 5.32 Å². The standard InChI is InChI=1S/C20H23ClN2O4S/c1-14-5-8-17(9-6-14)22-20(24)15-4-3-11-23(13-15)28(25,26)19-12-16(21)7-10-18(19)27-2/h5-10,12,15H,3-4,11,13H2,1-2H3,(H,22,24)/t15-/m0/s1. The molecule has 1 aliphatic rings. The van der Waals surface area contributed by atoms with Crippen molar-refractivity contribution in [2.45, 2.75) is 24.7 Å². The molecule has 3 rings (SSSR count). The minimum atomic E-state index is -3.83. The summed E-state index contributed by atoms with van der Waals surface area (Å²) < 4.78 is 32.8. The zero-order valence-corrected chi connectivity index (χ0v) is 17.4. The first-order valence-corrected chi connectivity index (χ1v) is 10.8. The molecule has 0 saturated carbocycles. The number of rotatable bonds is 5. The van der Waals surface area contributed by atoms with E-state index in [4.69, 9.17) is 16.3 Å². The van der Waals surface area contributed by atoms with Crippen LogP contribution in [-0.4, -0.2) is 38.8 Å². The lowest BCUT2D eigenvalue weighted by Gasteiger charge is -2.31. The molecular formula is C20H23ClN2O4S. The fraction of sp³-hybridized carbons (Fsp3) is 0.350. The topological polar surface area (TPSA) is 75.7 Å². The number of carbonyl (C=O) groups is 1. The number of anilines is 1. The zero-order chi connectivity index (χ0) is 20.3. The molecule has 2 aromatic carbocycles. The number of methoxy groups -OCH3 is 1. The molecule has 6 nitrogen and oxygen atoms in total. The van der Waals surface area contributed by atoms with E-state index < -0.39 is 15.9 Å². The van der Waals surface area contributed by atoms with Crippen LogP contribution in [0.4, 0.5) is 5.69 Å². The van der Waals surface area contributed by atoms with Gasteiger partial charge < -0.3 is 10.1 Å². The smallest absolute Gasteiger partial charge is 0.246 e. The molecule has 1 saturated heterocycles. The minimum Gasteiger partial charge on any atom is -0.495 e. The first-order valence-electron chi connectivity index (χ1n) is 9.02. The molecule has 0 spiro atoms. The second-order valence-electron chi connectivity index (χ2n) is 6.85. The molecule has 0 aromatic heterocycles. The van der Waals surface area contributed by atoms with Gasteiger partial charge in [-0.25, -0.2) is 8.42 Å². The quantitative estimate of drug-likeness (QED) is 0.797. The van der Waals surface area contributed by atoms with Crippen molar-refractivity contribution in [2.75, 3.05) is 25.5 Å². The summed E-state index contributed by atoms with van der Waals surface area (Å²) in [7, 11) is -2.42. The Morgan fingerprint density at radius 2 is 1.93 bits per heavy atom. The highest BCUT2D eigenvalue weighted by atomic mass is 35.5. The third-order valence-corrected chi connectivity index (χ3v) is 6.94. The lowest BCUT2D eigenvalue weighted by atomic mass is 9.98. The average Bonchev–Trinajstić information content (AvgIpc) is 2.69. The average molecular weight is 423 g/mol. The molecule has 0 bridgehead atoms. The van der Waals surface area contributed by atoms with Gasteiger partial charge in [0.15, 0.2) is 0 Å². The molecule has 1 amide bonds. The monoisotopic (exact) mass is 422 g/mol. The van der Waals surface area contributed by atoms with Crippen LogP contribution in [0.1, 0.15) is 18.4 Å². The van der Waals surface area contributed by atoms with Crippen molar-refractivity contribution >= 4 is 33.2 Å². The Bertz CT molecular complexity index is 961. The van der Waals surface area contributed by atoms with E-state index in [-0.39, 0.29) is 23.1 Å². The number of nitrogens with one attached hydrogen (secondary N) is 1. The number of hydrogen-bond donors (Lipinski definition) is 1. The van der Waals surface area contributed by atoms with Gasteiger partial charge in [0.25, 0.3) is 0 Å². The molecule has 1 N–H and O–H groups in total. The number of benzene rings is 2. The number of hydrogen-bond acceptors (Lipinski definition) is 4. The Morgan fingerprint density at radius 1 is 1.21 bits per heavy atom. The fourth-order valence-electron chi connectivity index (χ4n) is 3.25. The van der Waals surface area contributed by atoms with E-state index in [1.54, 1.807) is 6.07 Å². The highest BCUT2D eigenvalue weighted by Gasteiger charge is 2.35. The van der Waals surface area contributed by atoms with Crippen LogP contribution in [0.2, 0.25) is 5.02 Å². The van der Waals surface area contributed by atoms with E-state index in [9.17, 15) is 13.2 Å². The Labute approximate surface area is 170 Å². The van der Waals surface area contributed by atoms with Crippen molar-refractivity contribution in [3.05, 3.63) is 53.1 Å². The minimum absolute atomic E-state index is 0.0158. The van der Waals surface area contributed by atoms with E-state index in [0.29, 0.717) is 30.1 Å². The van der Waals surface area contributed by atoms with Crippen molar-refractivity contribution in [1.82, 2.24) is 4.31 Å². The molecule has 0 aliphatic carbocycles. The second kappa shape index (κ2) is 8.51. The number of ether oxygens (including phenoxy) is 1. The van der Waals surface area contributed by atoms with Crippen molar-refractivity contribution in [3.63, 3.8) is 0 Å². The summed E-state index contributed by atoms with van der Waals surface area (Å²) in [5.41, 5.74) is 1.80. The van der Waals surface area contributed by atoms with Gasteiger partial charge in [0.05, 0.1) is 13.0 Å². The predicted molar refractivity (Wildman–Crippen MR) is 109 cm³/mol. The summed E-state index contributed by atoms with van der Waals surface area (Å²) in [4.78, 5) is 12.7. The molecule has 8 heteroatoms. The van der Waals surface area contributed by atoms with Gasteiger partial charge in [-0.15, -0.1) is 0 Å². The summed E-state index contributed by atoms with van der Waals surface area (Å²) in [5, 5.41) is 3.19. The molecule has 0 radical (unpaired) electrons. The molecule has 1 aliphatic heterocycles. The molecule has 1 heterocycles. The van der Waals surface area contributed by atoms with Gasteiger partial charge in [0.2, 0.25) is 15.9 Å². The highest BCUT2D eigenvalue weighted by Crippen LogP contribution is 2.32. The Hall–Kier alpha value is -2.09. The summed E-state index contributed by atoms with van der Waals surface area (Å²) in [5.74, 6) is -0.368. The first-order chi connectivity index (χ1) is 13.3. The number of sulfonamides is 1. The second-order valence-corrected chi connectivity index (χ2v) is 9.20. The van der Waals surface area contributed by atoms with E-state index in [0.717, 1.165) is 5.56 Å². The number of carbonyl (C=O) groups excluding carboxylic acids is 1. The van der Waals surface area contributed by atoms with E-state index in [1.807, 2.05) is 31.2 Å². The van der Waals surface area contributed by atoms with Crippen LogP contribution in [0.25, 0.3) is 0 Å². The molecule has 150 valence electrons. The summed E-state index contributed by atoms with van der Waals surface area (Å²) in [6, 6.07) is 12.0. The van der Waals surface area contributed by atoms with E-state index in [1.165, 1.54) is 23.5 Å². The maximum atomic E-state index is 13.1. The Kier molecular flexibility index (Phi) is 6.27. The number of piperidine rings is 1. The molecule has 28 heavy (non-hydrogen) atoms. The van der Waals surface area contributed by atoms with Crippen LogP contribution in [0.3, 0.4) is 0 Å². The number of nitrogens with zero attached hydrogens (tertiary/aromatic N) is 1.